The Morgan fingerprint density at radius 1 is 0.759 bits per heavy atom. The van der Waals surface area contributed by atoms with E-state index in [9.17, 15) is 8.42 Å². The molecule has 0 bridgehead atoms. The van der Waals surface area contributed by atoms with E-state index in [1.807, 2.05) is 0 Å². The predicted octanol–water partition coefficient (Wildman–Crippen LogP) is 2.50. The Morgan fingerprint density at radius 3 is 2.17 bits per heavy atom. The summed E-state index contributed by atoms with van der Waals surface area (Å²) in [6, 6.07) is 13.2. The molecule has 0 spiro atoms. The largest absolute Gasteiger partial charge is 0.264 e. The highest BCUT2D eigenvalue weighted by atomic mass is 32.2. The van der Waals surface area contributed by atoms with Crippen LogP contribution in [0.25, 0.3) is 22.9 Å². The highest BCUT2D eigenvalue weighted by Crippen LogP contribution is 2.20. The maximum atomic E-state index is 12.8. The highest BCUT2D eigenvalue weighted by molar-refractivity contribution is 7.92. The van der Waals surface area contributed by atoms with Crippen molar-refractivity contribution in [1.29, 1.82) is 0 Å². The van der Waals surface area contributed by atoms with Crippen LogP contribution in [0.2, 0.25) is 0 Å². The SMILES string of the molecule is Cc1nc(NS(=O)(=O)c2ccc(-c3ncccn3)cc2)nc(-c2ccccn2)n1. The molecule has 144 valence electrons. The first-order valence-electron chi connectivity index (χ1n) is 8.56. The molecule has 0 radical (unpaired) electrons. The van der Waals surface area contributed by atoms with Crippen molar-refractivity contribution in [3.63, 3.8) is 0 Å². The van der Waals surface area contributed by atoms with E-state index >= 15 is 0 Å². The topological polar surface area (TPSA) is 124 Å². The van der Waals surface area contributed by atoms with Gasteiger partial charge in [0.25, 0.3) is 10.0 Å². The standard InChI is InChI=1S/C19H15N7O2S/c1-13-23-18(16-5-2-3-10-20-16)25-19(24-13)26-29(27,28)15-8-6-14(7-9-15)17-21-11-4-12-22-17/h2-12H,1H3,(H,23,24,25,26). The smallest absolute Gasteiger partial charge is 0.253 e. The maximum Gasteiger partial charge on any atom is 0.264 e. The minimum absolute atomic E-state index is 0.0645. The van der Waals surface area contributed by atoms with E-state index in [-0.39, 0.29) is 16.7 Å². The van der Waals surface area contributed by atoms with Gasteiger partial charge >= 0.3 is 0 Å². The fraction of sp³-hybridized carbons (Fsp3) is 0.0526. The van der Waals surface area contributed by atoms with Crippen molar-refractivity contribution in [3.8, 4) is 22.9 Å². The van der Waals surface area contributed by atoms with Crippen molar-refractivity contribution in [2.45, 2.75) is 11.8 Å². The first-order valence-corrected chi connectivity index (χ1v) is 10.0. The molecule has 1 N–H and O–H groups in total. The van der Waals surface area contributed by atoms with Crippen LogP contribution in [0.5, 0.6) is 0 Å². The van der Waals surface area contributed by atoms with E-state index in [0.717, 1.165) is 0 Å². The third-order valence-electron chi connectivity index (χ3n) is 3.86. The van der Waals surface area contributed by atoms with E-state index in [1.165, 1.54) is 12.1 Å². The number of aryl methyl sites for hydroxylation is 1. The summed E-state index contributed by atoms with van der Waals surface area (Å²) in [6.45, 7) is 1.65. The van der Waals surface area contributed by atoms with Gasteiger partial charge < -0.3 is 0 Å². The molecule has 3 aromatic heterocycles. The third-order valence-corrected chi connectivity index (χ3v) is 5.20. The van der Waals surface area contributed by atoms with E-state index in [0.29, 0.717) is 22.9 Å². The van der Waals surface area contributed by atoms with Crippen molar-refractivity contribution in [1.82, 2.24) is 29.9 Å². The second kappa shape index (κ2) is 7.68. The molecule has 10 heteroatoms. The number of anilines is 1. The molecular formula is C19H15N7O2S. The number of hydrogen-bond acceptors (Lipinski definition) is 8. The van der Waals surface area contributed by atoms with E-state index in [1.54, 1.807) is 61.9 Å². The lowest BCUT2D eigenvalue weighted by atomic mass is 10.2. The molecule has 4 aromatic rings. The van der Waals surface area contributed by atoms with Crippen molar-refractivity contribution in [3.05, 3.63) is 72.9 Å². The van der Waals surface area contributed by atoms with E-state index in [2.05, 4.69) is 34.6 Å². The fourth-order valence-corrected chi connectivity index (χ4v) is 3.49. The fourth-order valence-electron chi connectivity index (χ4n) is 2.55. The van der Waals surface area contributed by atoms with Crippen LogP contribution in [0, 0.1) is 6.92 Å². The van der Waals surface area contributed by atoms with Crippen LogP contribution in [-0.4, -0.2) is 38.3 Å². The summed E-state index contributed by atoms with van der Waals surface area (Å²) in [7, 11) is -3.89. The molecule has 0 saturated heterocycles. The van der Waals surface area contributed by atoms with Crippen LogP contribution in [0.1, 0.15) is 5.82 Å². The van der Waals surface area contributed by atoms with Crippen LogP contribution in [-0.2, 0) is 10.0 Å². The molecule has 0 amide bonds. The number of hydrogen-bond donors (Lipinski definition) is 1. The molecule has 0 fully saturated rings. The zero-order valence-electron chi connectivity index (χ0n) is 15.3. The Bertz CT molecular complexity index is 1230. The third kappa shape index (κ3) is 4.22. The number of sulfonamides is 1. The lowest BCUT2D eigenvalue weighted by Gasteiger charge is -2.09. The van der Waals surface area contributed by atoms with Gasteiger partial charge in [-0.05, 0) is 49.4 Å². The molecule has 9 nitrogen and oxygen atoms in total. The molecule has 0 atom stereocenters. The van der Waals surface area contributed by atoms with Crippen molar-refractivity contribution in [2.24, 2.45) is 0 Å². The Labute approximate surface area is 167 Å². The van der Waals surface area contributed by atoms with Gasteiger partial charge in [-0.25, -0.2) is 28.1 Å². The molecule has 0 saturated carbocycles. The van der Waals surface area contributed by atoms with Gasteiger partial charge in [-0.1, -0.05) is 6.07 Å². The minimum atomic E-state index is -3.89. The Balaban J connectivity index is 1.61. The summed E-state index contributed by atoms with van der Waals surface area (Å²) in [5.74, 6) is 1.09. The normalized spacial score (nSPS) is 11.2. The Morgan fingerprint density at radius 2 is 1.48 bits per heavy atom. The van der Waals surface area contributed by atoms with Gasteiger partial charge in [0.1, 0.15) is 11.5 Å². The number of pyridine rings is 1. The molecule has 0 aliphatic carbocycles. The summed E-state index contributed by atoms with van der Waals surface area (Å²) < 4.78 is 27.9. The van der Waals surface area contributed by atoms with Gasteiger partial charge in [0, 0.05) is 24.2 Å². The lowest BCUT2D eigenvalue weighted by Crippen LogP contribution is -2.16. The van der Waals surface area contributed by atoms with Gasteiger partial charge in [-0.15, -0.1) is 0 Å². The summed E-state index contributed by atoms with van der Waals surface area (Å²) in [4.78, 5) is 25.0. The summed E-state index contributed by atoms with van der Waals surface area (Å²) in [5, 5.41) is 0. The van der Waals surface area contributed by atoms with Crippen LogP contribution in [0.4, 0.5) is 5.95 Å². The van der Waals surface area contributed by atoms with Gasteiger partial charge in [0.2, 0.25) is 5.95 Å². The molecular weight excluding hydrogens is 390 g/mol. The molecule has 1 aromatic carbocycles. The van der Waals surface area contributed by atoms with Crippen molar-refractivity contribution >= 4 is 16.0 Å². The number of rotatable bonds is 5. The van der Waals surface area contributed by atoms with Crippen LogP contribution in [0.15, 0.2) is 72.0 Å². The number of benzene rings is 1. The summed E-state index contributed by atoms with van der Waals surface area (Å²) >= 11 is 0. The highest BCUT2D eigenvalue weighted by Gasteiger charge is 2.17. The molecule has 29 heavy (non-hydrogen) atoms. The zero-order chi connectivity index (χ0) is 20.3. The monoisotopic (exact) mass is 405 g/mol. The number of aromatic nitrogens is 6. The van der Waals surface area contributed by atoms with Crippen molar-refractivity contribution < 1.29 is 8.42 Å². The molecule has 0 aliphatic heterocycles. The second-order valence-electron chi connectivity index (χ2n) is 5.95. The molecule has 3 heterocycles. The van der Waals surface area contributed by atoms with E-state index < -0.39 is 10.0 Å². The van der Waals surface area contributed by atoms with Crippen molar-refractivity contribution in [2.75, 3.05) is 4.72 Å². The van der Waals surface area contributed by atoms with Gasteiger partial charge in [0.05, 0.1) is 4.90 Å². The maximum absolute atomic E-state index is 12.8. The first kappa shape index (κ1) is 18.6. The number of nitrogens with zero attached hydrogens (tertiary/aromatic N) is 6. The van der Waals surface area contributed by atoms with E-state index in [4.69, 9.17) is 0 Å². The predicted molar refractivity (Wildman–Crippen MR) is 106 cm³/mol. The molecule has 0 aliphatic rings. The Hall–Kier alpha value is -3.79. The van der Waals surface area contributed by atoms with Gasteiger partial charge in [-0.2, -0.15) is 9.97 Å². The first-order chi connectivity index (χ1) is 14.0. The second-order valence-corrected chi connectivity index (χ2v) is 7.63. The zero-order valence-corrected chi connectivity index (χ0v) is 16.1. The van der Waals surface area contributed by atoms with Crippen LogP contribution >= 0.6 is 0 Å². The average molecular weight is 405 g/mol. The molecule has 0 unspecified atom stereocenters. The lowest BCUT2D eigenvalue weighted by molar-refractivity contribution is 0.600. The van der Waals surface area contributed by atoms with Gasteiger partial charge in [-0.3, -0.25) is 4.98 Å². The van der Waals surface area contributed by atoms with Gasteiger partial charge in [0.15, 0.2) is 11.6 Å². The van der Waals surface area contributed by atoms with Crippen LogP contribution < -0.4 is 4.72 Å². The number of nitrogens with one attached hydrogen (secondary N) is 1. The summed E-state index contributed by atoms with van der Waals surface area (Å²) in [6.07, 6.45) is 4.85. The quantitative estimate of drug-likeness (QED) is 0.537. The minimum Gasteiger partial charge on any atom is -0.253 e. The molecule has 4 rings (SSSR count). The van der Waals surface area contributed by atoms with Crippen LogP contribution in [0.3, 0.4) is 0 Å². The Kier molecular flexibility index (Phi) is 4.92. The summed E-state index contributed by atoms with van der Waals surface area (Å²) in [5.41, 5.74) is 1.23. The average Bonchev–Trinajstić information content (AvgIpc) is 2.74.